The quantitative estimate of drug-likeness (QED) is 0.289. The van der Waals surface area contributed by atoms with Crippen molar-refractivity contribution in [1.29, 1.82) is 0 Å². The summed E-state index contributed by atoms with van der Waals surface area (Å²) in [6, 6.07) is 18.1. The Kier molecular flexibility index (Phi) is 8.18. The Bertz CT molecular complexity index is 1290. The van der Waals surface area contributed by atoms with Crippen LogP contribution in [0.1, 0.15) is 18.1 Å². The number of halogens is 3. The number of hydrazone groups is 1. The molecule has 0 aliphatic rings. The Morgan fingerprint density at radius 2 is 1.67 bits per heavy atom. The van der Waals surface area contributed by atoms with Gasteiger partial charge in [0.2, 0.25) is 0 Å². The van der Waals surface area contributed by atoms with Gasteiger partial charge in [-0.25, -0.2) is 13.8 Å². The zero-order chi connectivity index (χ0) is 24.2. The van der Waals surface area contributed by atoms with Crippen LogP contribution >= 0.6 is 39.1 Å². The Morgan fingerprint density at radius 1 is 1.03 bits per heavy atom. The largest absolute Gasteiger partial charge is 0.271 e. The molecule has 0 bridgehead atoms. The number of anilines is 1. The van der Waals surface area contributed by atoms with Crippen molar-refractivity contribution in [3.63, 3.8) is 0 Å². The number of sulfonamides is 1. The molecule has 0 atom stereocenters. The van der Waals surface area contributed by atoms with Gasteiger partial charge in [-0.05, 0) is 61.9 Å². The number of aryl methyl sites for hydroxylation is 1. The van der Waals surface area contributed by atoms with Crippen LogP contribution in [0.2, 0.25) is 10.0 Å². The van der Waals surface area contributed by atoms with Crippen LogP contribution in [0.15, 0.2) is 81.2 Å². The third kappa shape index (κ3) is 6.57. The van der Waals surface area contributed by atoms with Crippen LogP contribution in [0.5, 0.6) is 0 Å². The zero-order valence-corrected chi connectivity index (χ0v) is 21.6. The lowest BCUT2D eigenvalue weighted by Crippen LogP contribution is -2.39. The maximum absolute atomic E-state index is 13.4. The molecule has 0 aliphatic carbocycles. The van der Waals surface area contributed by atoms with Crippen molar-refractivity contribution in [1.82, 2.24) is 5.43 Å². The summed E-state index contributed by atoms with van der Waals surface area (Å²) in [6.07, 6.45) is 0. The lowest BCUT2D eigenvalue weighted by molar-refractivity contribution is -0.119. The first kappa shape index (κ1) is 25.2. The molecule has 1 N–H and O–H groups in total. The highest BCUT2D eigenvalue weighted by atomic mass is 79.9. The van der Waals surface area contributed by atoms with Crippen molar-refractivity contribution in [3.8, 4) is 0 Å². The lowest BCUT2D eigenvalue weighted by Gasteiger charge is -2.24. The van der Waals surface area contributed by atoms with E-state index in [-0.39, 0.29) is 20.6 Å². The molecule has 172 valence electrons. The van der Waals surface area contributed by atoms with Gasteiger partial charge in [0.1, 0.15) is 6.54 Å². The summed E-state index contributed by atoms with van der Waals surface area (Å²) in [4.78, 5) is 12.8. The summed E-state index contributed by atoms with van der Waals surface area (Å²) in [7, 11) is -4.10. The number of amides is 1. The van der Waals surface area contributed by atoms with Crippen molar-refractivity contribution in [2.75, 3.05) is 10.8 Å². The third-order valence-electron chi connectivity index (χ3n) is 4.62. The van der Waals surface area contributed by atoms with Gasteiger partial charge in [0.05, 0.1) is 16.3 Å². The fourth-order valence-corrected chi connectivity index (χ4v) is 5.24. The number of nitrogens with zero attached hydrogens (tertiary/aromatic N) is 2. The molecule has 0 fully saturated rings. The van der Waals surface area contributed by atoms with Crippen LogP contribution in [-0.4, -0.2) is 26.6 Å². The first-order valence-corrected chi connectivity index (χ1v) is 12.7. The van der Waals surface area contributed by atoms with E-state index < -0.39 is 22.5 Å². The maximum atomic E-state index is 13.4. The van der Waals surface area contributed by atoms with Crippen LogP contribution in [0.4, 0.5) is 5.69 Å². The molecule has 0 heterocycles. The van der Waals surface area contributed by atoms with Gasteiger partial charge in [0, 0.05) is 14.5 Å². The monoisotopic (exact) mass is 567 g/mol. The molecule has 0 unspecified atom stereocenters. The van der Waals surface area contributed by atoms with E-state index >= 15 is 0 Å². The number of nitrogens with one attached hydrogen (secondary N) is 1. The number of hydrogen-bond donors (Lipinski definition) is 1. The molecule has 0 aliphatic heterocycles. The number of hydrogen-bond acceptors (Lipinski definition) is 4. The smallest absolute Gasteiger partial charge is 0.264 e. The molecule has 0 radical (unpaired) electrons. The van der Waals surface area contributed by atoms with Crippen molar-refractivity contribution >= 4 is 66.5 Å². The van der Waals surface area contributed by atoms with E-state index in [0.717, 1.165) is 19.9 Å². The second-order valence-corrected chi connectivity index (χ2v) is 10.8. The molecular formula is C23H20BrCl2N3O3S. The van der Waals surface area contributed by atoms with Crippen LogP contribution < -0.4 is 9.73 Å². The summed E-state index contributed by atoms with van der Waals surface area (Å²) in [6.45, 7) is 3.06. The summed E-state index contributed by atoms with van der Waals surface area (Å²) in [5.41, 5.74) is 4.85. The topological polar surface area (TPSA) is 78.8 Å². The number of carbonyl (C=O) groups excluding carboxylic acids is 1. The minimum absolute atomic E-state index is 0.0332. The van der Waals surface area contributed by atoms with E-state index in [1.165, 1.54) is 30.3 Å². The molecule has 10 heteroatoms. The molecule has 3 rings (SSSR count). The number of benzene rings is 3. The highest BCUT2D eigenvalue weighted by Crippen LogP contribution is 2.29. The van der Waals surface area contributed by atoms with Gasteiger partial charge in [0.15, 0.2) is 0 Å². The fraction of sp³-hybridized carbons (Fsp3) is 0.130. The van der Waals surface area contributed by atoms with Crippen LogP contribution in [0.3, 0.4) is 0 Å². The number of carbonyl (C=O) groups is 1. The SMILES string of the molecule is C/C(=N/NC(=O)CN(c1cc(Cl)cc(Cl)c1)S(=O)(=O)c1ccc(C)cc1)c1cccc(Br)c1. The van der Waals surface area contributed by atoms with Crippen molar-refractivity contribution in [3.05, 3.63) is 92.4 Å². The van der Waals surface area contributed by atoms with E-state index in [4.69, 9.17) is 23.2 Å². The third-order valence-corrected chi connectivity index (χ3v) is 7.34. The van der Waals surface area contributed by atoms with Crippen LogP contribution in [-0.2, 0) is 14.8 Å². The van der Waals surface area contributed by atoms with E-state index in [2.05, 4.69) is 26.5 Å². The van der Waals surface area contributed by atoms with Crippen molar-refractivity contribution < 1.29 is 13.2 Å². The minimum Gasteiger partial charge on any atom is -0.271 e. The summed E-state index contributed by atoms with van der Waals surface area (Å²) in [5, 5.41) is 4.59. The average molecular weight is 569 g/mol. The van der Waals surface area contributed by atoms with Crippen LogP contribution in [0, 0.1) is 6.92 Å². The Morgan fingerprint density at radius 3 is 2.27 bits per heavy atom. The second kappa shape index (κ2) is 10.7. The Hall–Kier alpha value is -2.39. The molecule has 33 heavy (non-hydrogen) atoms. The van der Waals surface area contributed by atoms with E-state index in [1.807, 2.05) is 31.2 Å². The standard InChI is InChI=1S/C23H20BrCl2N3O3S/c1-15-6-8-22(9-7-15)33(31,32)29(21-12-19(25)11-20(26)13-21)14-23(30)28-27-16(2)17-4-3-5-18(24)10-17/h3-13H,14H2,1-2H3,(H,28,30)/b27-16-. The molecule has 3 aromatic carbocycles. The van der Waals surface area contributed by atoms with Gasteiger partial charge in [-0.3, -0.25) is 9.10 Å². The number of rotatable bonds is 7. The molecule has 1 amide bonds. The van der Waals surface area contributed by atoms with E-state index in [0.29, 0.717) is 5.71 Å². The fourth-order valence-electron chi connectivity index (χ4n) is 2.93. The van der Waals surface area contributed by atoms with Crippen molar-refractivity contribution in [2.45, 2.75) is 18.7 Å². The first-order valence-electron chi connectivity index (χ1n) is 9.71. The predicted octanol–water partition coefficient (Wildman–Crippen LogP) is 5.80. The predicted molar refractivity (Wildman–Crippen MR) is 137 cm³/mol. The molecule has 0 spiro atoms. The van der Waals surface area contributed by atoms with Gasteiger partial charge in [-0.15, -0.1) is 0 Å². The summed E-state index contributed by atoms with van der Waals surface area (Å²) < 4.78 is 28.7. The van der Waals surface area contributed by atoms with Crippen LogP contribution in [0.25, 0.3) is 0 Å². The molecule has 3 aromatic rings. The Labute approximate surface area is 211 Å². The van der Waals surface area contributed by atoms with Crippen molar-refractivity contribution in [2.24, 2.45) is 5.10 Å². The van der Waals surface area contributed by atoms with E-state index in [9.17, 15) is 13.2 Å². The molecule has 6 nitrogen and oxygen atoms in total. The first-order chi connectivity index (χ1) is 15.6. The highest BCUT2D eigenvalue weighted by molar-refractivity contribution is 9.10. The molecular weight excluding hydrogens is 549 g/mol. The summed E-state index contributed by atoms with van der Waals surface area (Å²) in [5.74, 6) is -0.629. The van der Waals surface area contributed by atoms with Gasteiger partial charge in [0.25, 0.3) is 15.9 Å². The maximum Gasteiger partial charge on any atom is 0.264 e. The Balaban J connectivity index is 1.92. The average Bonchev–Trinajstić information content (AvgIpc) is 2.75. The molecule has 0 aromatic heterocycles. The van der Waals surface area contributed by atoms with Gasteiger partial charge >= 0.3 is 0 Å². The molecule has 0 saturated heterocycles. The lowest BCUT2D eigenvalue weighted by atomic mass is 10.1. The second-order valence-electron chi connectivity index (χ2n) is 7.19. The zero-order valence-electron chi connectivity index (χ0n) is 17.7. The normalized spacial score (nSPS) is 11.8. The van der Waals surface area contributed by atoms with Gasteiger partial charge in [-0.1, -0.05) is 69.0 Å². The highest BCUT2D eigenvalue weighted by Gasteiger charge is 2.27. The minimum atomic E-state index is -4.10. The van der Waals surface area contributed by atoms with Gasteiger partial charge < -0.3 is 0 Å². The van der Waals surface area contributed by atoms with Gasteiger partial charge in [-0.2, -0.15) is 5.10 Å². The molecule has 0 saturated carbocycles. The van der Waals surface area contributed by atoms with E-state index in [1.54, 1.807) is 19.1 Å². The summed E-state index contributed by atoms with van der Waals surface area (Å²) >= 11 is 15.6.